The van der Waals surface area contributed by atoms with E-state index in [1.807, 2.05) is 68.4 Å². The first-order chi connectivity index (χ1) is 23.3. The van der Waals surface area contributed by atoms with Crippen LogP contribution in [0, 0.1) is 6.92 Å². The zero-order valence-corrected chi connectivity index (χ0v) is 28.6. The van der Waals surface area contributed by atoms with Gasteiger partial charge in [0.2, 0.25) is 11.8 Å². The van der Waals surface area contributed by atoms with Crippen LogP contribution in [-0.2, 0) is 32.6 Å². The third-order valence-corrected chi connectivity index (χ3v) is 10.5. The Bertz CT molecular complexity index is 1760. The largest absolute Gasteiger partial charge is 0.492 e. The molecule has 1 aliphatic rings. The molecule has 0 heterocycles. The molecular formula is C39H45N3O5S. The number of nitrogens with zero attached hydrogens (tertiary/aromatic N) is 2. The van der Waals surface area contributed by atoms with Crippen LogP contribution < -0.4 is 14.4 Å². The number of carbonyl (C=O) groups is 2. The van der Waals surface area contributed by atoms with Gasteiger partial charge in [-0.05, 0) is 62.1 Å². The van der Waals surface area contributed by atoms with Gasteiger partial charge in [0, 0.05) is 19.0 Å². The van der Waals surface area contributed by atoms with Crippen molar-refractivity contribution in [3.63, 3.8) is 0 Å². The maximum atomic E-state index is 14.8. The van der Waals surface area contributed by atoms with Crippen LogP contribution in [0.4, 0.5) is 5.69 Å². The molecule has 2 amide bonds. The van der Waals surface area contributed by atoms with Crippen LogP contribution in [0.5, 0.6) is 5.75 Å². The maximum Gasteiger partial charge on any atom is 0.264 e. The number of carbonyl (C=O) groups excluding carboxylic acids is 2. The van der Waals surface area contributed by atoms with Crippen molar-refractivity contribution < 1.29 is 22.7 Å². The number of sulfonamides is 1. The zero-order valence-electron chi connectivity index (χ0n) is 27.8. The molecule has 0 radical (unpaired) electrons. The quantitative estimate of drug-likeness (QED) is 0.162. The van der Waals surface area contributed by atoms with E-state index in [0.29, 0.717) is 12.4 Å². The lowest BCUT2D eigenvalue weighted by molar-refractivity contribution is -0.140. The van der Waals surface area contributed by atoms with Crippen molar-refractivity contribution in [1.29, 1.82) is 0 Å². The molecule has 0 aromatic heterocycles. The Labute approximate surface area is 284 Å². The molecule has 4 aromatic carbocycles. The summed E-state index contributed by atoms with van der Waals surface area (Å²) in [5.41, 5.74) is 3.02. The summed E-state index contributed by atoms with van der Waals surface area (Å²) >= 11 is 0. The van der Waals surface area contributed by atoms with Gasteiger partial charge in [0.1, 0.15) is 18.3 Å². The summed E-state index contributed by atoms with van der Waals surface area (Å²) in [6.07, 6.45) is 5.31. The first-order valence-electron chi connectivity index (χ1n) is 16.7. The molecule has 9 heteroatoms. The van der Waals surface area contributed by atoms with Gasteiger partial charge >= 0.3 is 0 Å². The van der Waals surface area contributed by atoms with Crippen LogP contribution in [0.1, 0.15) is 55.7 Å². The van der Waals surface area contributed by atoms with E-state index in [4.69, 9.17) is 4.74 Å². The van der Waals surface area contributed by atoms with Crippen molar-refractivity contribution in [3.8, 4) is 5.75 Å². The minimum Gasteiger partial charge on any atom is -0.492 e. The number of para-hydroxylation sites is 2. The fourth-order valence-electron chi connectivity index (χ4n) is 6.28. The SMILES string of the molecule is CCOc1ccccc1N(CC(=O)N(Cc1cccc(C)c1)[C@@H](Cc1ccccc1)C(=O)NC1CCCCC1)S(=O)(=O)c1ccccc1. The maximum absolute atomic E-state index is 14.8. The molecule has 1 atom stereocenters. The second kappa shape index (κ2) is 16.5. The molecule has 252 valence electrons. The molecule has 0 aliphatic heterocycles. The molecule has 0 spiro atoms. The second-order valence-electron chi connectivity index (χ2n) is 12.3. The van der Waals surface area contributed by atoms with E-state index in [-0.39, 0.29) is 35.5 Å². The number of amides is 2. The molecule has 1 N–H and O–H groups in total. The molecule has 1 aliphatic carbocycles. The highest BCUT2D eigenvalue weighted by atomic mass is 32.2. The van der Waals surface area contributed by atoms with E-state index in [9.17, 15) is 18.0 Å². The van der Waals surface area contributed by atoms with Crippen LogP contribution in [0.15, 0.2) is 114 Å². The number of hydrogen-bond donors (Lipinski definition) is 1. The molecule has 5 rings (SSSR count). The summed E-state index contributed by atoms with van der Waals surface area (Å²) in [4.78, 5) is 30.7. The smallest absolute Gasteiger partial charge is 0.264 e. The number of ether oxygens (including phenoxy) is 1. The lowest BCUT2D eigenvalue weighted by Gasteiger charge is -2.35. The van der Waals surface area contributed by atoms with Gasteiger partial charge < -0.3 is 15.0 Å². The Balaban J connectivity index is 1.58. The van der Waals surface area contributed by atoms with Crippen LogP contribution in [0.3, 0.4) is 0 Å². The summed E-state index contributed by atoms with van der Waals surface area (Å²) in [6, 6.07) is 31.5. The molecule has 1 fully saturated rings. The first-order valence-corrected chi connectivity index (χ1v) is 18.2. The summed E-state index contributed by atoms with van der Waals surface area (Å²) in [7, 11) is -4.23. The van der Waals surface area contributed by atoms with Gasteiger partial charge in [-0.2, -0.15) is 0 Å². The predicted octanol–water partition coefficient (Wildman–Crippen LogP) is 6.68. The lowest BCUT2D eigenvalue weighted by atomic mass is 9.94. The van der Waals surface area contributed by atoms with Crippen molar-refractivity contribution in [2.75, 3.05) is 17.5 Å². The first kappa shape index (κ1) is 34.7. The topological polar surface area (TPSA) is 96.0 Å². The van der Waals surface area contributed by atoms with Crippen molar-refractivity contribution in [3.05, 3.63) is 126 Å². The molecule has 48 heavy (non-hydrogen) atoms. The van der Waals surface area contributed by atoms with Crippen LogP contribution in [-0.4, -0.2) is 50.4 Å². The van der Waals surface area contributed by atoms with Gasteiger partial charge in [-0.15, -0.1) is 0 Å². The van der Waals surface area contributed by atoms with Gasteiger partial charge in [-0.3, -0.25) is 13.9 Å². The normalized spacial score (nSPS) is 14.1. The van der Waals surface area contributed by atoms with Crippen molar-refractivity contribution in [2.24, 2.45) is 0 Å². The van der Waals surface area contributed by atoms with E-state index in [1.54, 1.807) is 47.4 Å². The van der Waals surface area contributed by atoms with Gasteiger partial charge in [0.05, 0.1) is 17.2 Å². The second-order valence-corrected chi connectivity index (χ2v) is 14.1. The summed E-state index contributed by atoms with van der Waals surface area (Å²) in [5, 5.41) is 3.25. The molecule has 4 aromatic rings. The minimum atomic E-state index is -4.23. The number of benzene rings is 4. The third kappa shape index (κ3) is 8.83. The fourth-order valence-corrected chi connectivity index (χ4v) is 7.72. The number of nitrogens with one attached hydrogen (secondary N) is 1. The summed E-state index contributed by atoms with van der Waals surface area (Å²) < 4.78 is 35.6. The summed E-state index contributed by atoms with van der Waals surface area (Å²) in [6.45, 7) is 3.70. The highest BCUT2D eigenvalue weighted by molar-refractivity contribution is 7.92. The Hall–Kier alpha value is -4.63. The summed E-state index contributed by atoms with van der Waals surface area (Å²) in [5.74, 6) is -0.394. The molecule has 0 unspecified atom stereocenters. The zero-order chi connectivity index (χ0) is 33.9. The fraction of sp³-hybridized carbons (Fsp3) is 0.333. The number of hydrogen-bond acceptors (Lipinski definition) is 5. The van der Waals surface area contributed by atoms with Crippen LogP contribution in [0.25, 0.3) is 0 Å². The van der Waals surface area contributed by atoms with E-state index in [1.165, 1.54) is 12.1 Å². The predicted molar refractivity (Wildman–Crippen MR) is 189 cm³/mol. The van der Waals surface area contributed by atoms with Crippen molar-refractivity contribution >= 4 is 27.5 Å². The van der Waals surface area contributed by atoms with Gasteiger partial charge in [0.15, 0.2) is 0 Å². The van der Waals surface area contributed by atoms with E-state index >= 15 is 0 Å². The third-order valence-electron chi connectivity index (χ3n) is 8.70. The Kier molecular flexibility index (Phi) is 11.9. The van der Waals surface area contributed by atoms with Crippen molar-refractivity contribution in [1.82, 2.24) is 10.2 Å². The van der Waals surface area contributed by atoms with Gasteiger partial charge in [-0.1, -0.05) is 110 Å². The van der Waals surface area contributed by atoms with E-state index in [0.717, 1.165) is 53.1 Å². The average Bonchev–Trinajstić information content (AvgIpc) is 3.10. The Morgan fingerprint density at radius 2 is 1.48 bits per heavy atom. The number of anilines is 1. The van der Waals surface area contributed by atoms with Gasteiger partial charge in [0.25, 0.3) is 10.0 Å². The van der Waals surface area contributed by atoms with E-state index in [2.05, 4.69) is 5.32 Å². The highest BCUT2D eigenvalue weighted by Gasteiger charge is 2.36. The highest BCUT2D eigenvalue weighted by Crippen LogP contribution is 2.33. The lowest BCUT2D eigenvalue weighted by Crippen LogP contribution is -2.55. The molecule has 8 nitrogen and oxygen atoms in total. The Morgan fingerprint density at radius 3 is 2.17 bits per heavy atom. The number of rotatable bonds is 14. The van der Waals surface area contributed by atoms with Crippen LogP contribution >= 0.6 is 0 Å². The molecule has 0 bridgehead atoms. The molecule has 0 saturated heterocycles. The van der Waals surface area contributed by atoms with Crippen molar-refractivity contribution in [2.45, 2.75) is 75.9 Å². The molecular weight excluding hydrogens is 623 g/mol. The van der Waals surface area contributed by atoms with E-state index < -0.39 is 28.5 Å². The molecule has 1 saturated carbocycles. The monoisotopic (exact) mass is 667 g/mol. The Morgan fingerprint density at radius 1 is 0.833 bits per heavy atom. The standard InChI is InChI=1S/C39H45N3O5S/c1-3-47-37-25-14-13-24-35(37)42(48(45,46)34-22-11-6-12-23-34)29-38(43)41(28-32-19-15-16-30(2)26-32)36(27-31-17-7-4-8-18-31)39(44)40-33-20-9-5-10-21-33/h4,6-8,11-19,22-26,33,36H,3,5,9-10,20-21,27-29H2,1-2H3,(H,40,44)/t36-/m0/s1. The van der Waals surface area contributed by atoms with Crippen LogP contribution in [0.2, 0.25) is 0 Å². The minimum absolute atomic E-state index is 0.0356. The van der Waals surface area contributed by atoms with Gasteiger partial charge in [-0.25, -0.2) is 8.42 Å². The average molecular weight is 668 g/mol. The number of aryl methyl sites for hydroxylation is 1.